The highest BCUT2D eigenvalue weighted by atomic mass is 19.1. The summed E-state index contributed by atoms with van der Waals surface area (Å²) >= 11 is 0. The number of hydrogen-bond donors (Lipinski definition) is 0. The Hall–Kier alpha value is -2.08. The third-order valence-electron chi connectivity index (χ3n) is 5.52. The summed E-state index contributed by atoms with van der Waals surface area (Å²) in [5.41, 5.74) is 0.552. The van der Waals surface area contributed by atoms with Crippen molar-refractivity contribution < 1.29 is 4.39 Å². The minimum Gasteiger partial charge on any atom is -0.355 e. The molecule has 2 aromatic rings. The minimum atomic E-state index is -0.206. The van der Waals surface area contributed by atoms with Crippen LogP contribution in [-0.4, -0.2) is 46.3 Å². The van der Waals surface area contributed by atoms with E-state index in [9.17, 15) is 4.39 Å². The van der Waals surface area contributed by atoms with Crippen molar-refractivity contribution in [1.82, 2.24) is 20.1 Å². The van der Waals surface area contributed by atoms with E-state index in [1.54, 1.807) is 18.5 Å². The largest absolute Gasteiger partial charge is 0.355 e. The molecule has 4 rings (SSSR count). The van der Waals surface area contributed by atoms with Gasteiger partial charge in [-0.15, -0.1) is 5.10 Å². The summed E-state index contributed by atoms with van der Waals surface area (Å²) in [5, 5.41) is 8.23. The molecule has 0 unspecified atom stereocenters. The molecule has 1 saturated carbocycles. The lowest BCUT2D eigenvalue weighted by Crippen LogP contribution is -2.38. The highest BCUT2D eigenvalue weighted by Gasteiger charge is 2.44. The highest BCUT2D eigenvalue weighted by Crippen LogP contribution is 2.41. The molecular weight excluding hydrogens is 305 g/mol. The zero-order valence-corrected chi connectivity index (χ0v) is 13.8. The van der Waals surface area contributed by atoms with Gasteiger partial charge in [-0.3, -0.25) is 9.88 Å². The van der Waals surface area contributed by atoms with E-state index in [-0.39, 0.29) is 5.82 Å². The van der Waals surface area contributed by atoms with E-state index in [0.717, 1.165) is 18.9 Å². The first-order chi connectivity index (χ1) is 11.7. The third kappa shape index (κ3) is 2.86. The van der Waals surface area contributed by atoms with Crippen molar-refractivity contribution in [2.45, 2.75) is 25.4 Å². The molecule has 2 fully saturated rings. The topological polar surface area (TPSA) is 45.2 Å². The maximum atomic E-state index is 13.8. The van der Waals surface area contributed by atoms with E-state index in [1.807, 2.05) is 12.1 Å². The molecule has 1 aliphatic heterocycles. The Labute approximate surface area is 141 Å². The second-order valence-corrected chi connectivity index (χ2v) is 6.89. The Morgan fingerprint density at radius 1 is 1.21 bits per heavy atom. The fourth-order valence-corrected chi connectivity index (χ4v) is 4.34. The summed E-state index contributed by atoms with van der Waals surface area (Å²) in [6.07, 6.45) is 5.78. The minimum absolute atomic E-state index is 0.206. The van der Waals surface area contributed by atoms with Gasteiger partial charge in [0.15, 0.2) is 5.82 Å². The van der Waals surface area contributed by atoms with Gasteiger partial charge in [-0.25, -0.2) is 4.39 Å². The van der Waals surface area contributed by atoms with Gasteiger partial charge >= 0.3 is 0 Å². The number of hydrogen-bond acceptors (Lipinski definition) is 5. The monoisotopic (exact) mass is 327 g/mol. The molecule has 2 aliphatic rings. The van der Waals surface area contributed by atoms with E-state index >= 15 is 0 Å². The summed E-state index contributed by atoms with van der Waals surface area (Å²) in [7, 11) is 2.11. The van der Waals surface area contributed by atoms with E-state index in [1.165, 1.54) is 18.9 Å². The molecule has 24 heavy (non-hydrogen) atoms. The molecule has 1 saturated heterocycles. The molecule has 0 amide bonds. The van der Waals surface area contributed by atoms with Crippen LogP contribution in [0.3, 0.4) is 0 Å². The van der Waals surface area contributed by atoms with E-state index in [0.29, 0.717) is 30.1 Å². The van der Waals surface area contributed by atoms with Crippen molar-refractivity contribution in [1.29, 1.82) is 0 Å². The summed E-state index contributed by atoms with van der Waals surface area (Å²) < 4.78 is 13.8. The fraction of sp³-hybridized carbons (Fsp3) is 0.500. The zero-order valence-electron chi connectivity index (χ0n) is 13.8. The number of anilines is 1. The standard InChI is InChI=1S/C18H22FN5/c1-23(18-5-3-9-21-22-18)17-7-6-13-10-24(11-14(13)17)12-16-15(19)4-2-8-20-16/h2-5,8-9,13-14,17H,6-7,10-12H2,1H3/t13-,14+,17-/m1/s1. The van der Waals surface area contributed by atoms with Gasteiger partial charge in [0.1, 0.15) is 5.82 Å². The van der Waals surface area contributed by atoms with Crippen molar-refractivity contribution in [2.24, 2.45) is 11.8 Å². The predicted molar refractivity (Wildman–Crippen MR) is 89.9 cm³/mol. The van der Waals surface area contributed by atoms with Crippen LogP contribution >= 0.6 is 0 Å². The van der Waals surface area contributed by atoms with Crippen LogP contribution < -0.4 is 4.90 Å². The second kappa shape index (κ2) is 6.43. The second-order valence-electron chi connectivity index (χ2n) is 6.89. The predicted octanol–water partition coefficient (Wildman–Crippen LogP) is 2.36. The average Bonchev–Trinajstić information content (AvgIpc) is 3.17. The van der Waals surface area contributed by atoms with Crippen LogP contribution in [0.15, 0.2) is 36.7 Å². The van der Waals surface area contributed by atoms with Gasteiger partial charge in [-0.05, 0) is 48.9 Å². The Morgan fingerprint density at radius 3 is 2.88 bits per heavy atom. The van der Waals surface area contributed by atoms with Crippen LogP contribution in [-0.2, 0) is 6.54 Å². The van der Waals surface area contributed by atoms with Gasteiger partial charge in [0, 0.05) is 45.1 Å². The van der Waals surface area contributed by atoms with Crippen LogP contribution in [0.4, 0.5) is 10.2 Å². The Kier molecular flexibility index (Phi) is 4.14. The number of nitrogens with zero attached hydrogens (tertiary/aromatic N) is 5. The molecule has 1 aliphatic carbocycles. The van der Waals surface area contributed by atoms with Crippen molar-refractivity contribution in [3.63, 3.8) is 0 Å². The molecule has 0 N–H and O–H groups in total. The quantitative estimate of drug-likeness (QED) is 0.863. The molecular formula is C18H22FN5. The normalized spacial score (nSPS) is 26.5. The molecule has 3 atom stereocenters. The summed E-state index contributed by atoms with van der Waals surface area (Å²) in [5.74, 6) is 2.00. The van der Waals surface area contributed by atoms with Crippen LogP contribution in [0.2, 0.25) is 0 Å². The number of fused-ring (bicyclic) bond motifs is 1. The van der Waals surface area contributed by atoms with E-state index in [4.69, 9.17) is 0 Å². The first kappa shape index (κ1) is 15.4. The lowest BCUT2D eigenvalue weighted by atomic mass is 9.97. The van der Waals surface area contributed by atoms with Gasteiger partial charge in [0.2, 0.25) is 0 Å². The summed E-state index contributed by atoms with van der Waals surface area (Å²) in [6.45, 7) is 2.63. The number of pyridine rings is 1. The van der Waals surface area contributed by atoms with Crippen LogP contribution in [0.5, 0.6) is 0 Å². The molecule has 3 heterocycles. The number of rotatable bonds is 4. The van der Waals surface area contributed by atoms with Crippen molar-refractivity contribution in [3.05, 3.63) is 48.2 Å². The number of likely N-dealkylation sites (tertiary alicyclic amines) is 1. The van der Waals surface area contributed by atoms with Gasteiger partial charge < -0.3 is 4.90 Å². The number of aromatic nitrogens is 3. The van der Waals surface area contributed by atoms with Gasteiger partial charge in [-0.2, -0.15) is 5.10 Å². The van der Waals surface area contributed by atoms with Crippen molar-refractivity contribution in [3.8, 4) is 0 Å². The first-order valence-corrected chi connectivity index (χ1v) is 8.54. The molecule has 6 heteroatoms. The summed E-state index contributed by atoms with van der Waals surface area (Å²) in [4.78, 5) is 8.80. The van der Waals surface area contributed by atoms with Gasteiger partial charge in [-0.1, -0.05) is 0 Å². The molecule has 0 bridgehead atoms. The maximum Gasteiger partial charge on any atom is 0.151 e. The van der Waals surface area contributed by atoms with E-state index < -0.39 is 0 Å². The van der Waals surface area contributed by atoms with Gasteiger partial charge in [0.05, 0.1) is 5.69 Å². The van der Waals surface area contributed by atoms with Crippen LogP contribution in [0.1, 0.15) is 18.5 Å². The molecule has 5 nitrogen and oxygen atoms in total. The molecule has 126 valence electrons. The first-order valence-electron chi connectivity index (χ1n) is 8.54. The SMILES string of the molecule is CN(c1cccnn1)[C@@H]1CC[C@@H]2CN(Cc3ncccc3F)C[C@@H]21. The fourth-order valence-electron chi connectivity index (χ4n) is 4.34. The molecule has 0 radical (unpaired) electrons. The third-order valence-corrected chi connectivity index (χ3v) is 5.52. The lowest BCUT2D eigenvalue weighted by molar-refractivity contribution is 0.288. The molecule has 2 aromatic heterocycles. The maximum absolute atomic E-state index is 13.8. The zero-order chi connectivity index (χ0) is 16.5. The van der Waals surface area contributed by atoms with E-state index in [2.05, 4.69) is 32.0 Å². The van der Waals surface area contributed by atoms with Gasteiger partial charge in [0.25, 0.3) is 0 Å². The smallest absolute Gasteiger partial charge is 0.151 e. The van der Waals surface area contributed by atoms with Crippen molar-refractivity contribution in [2.75, 3.05) is 25.0 Å². The lowest BCUT2D eigenvalue weighted by Gasteiger charge is -2.30. The Balaban J connectivity index is 1.44. The molecule has 0 spiro atoms. The molecule has 0 aromatic carbocycles. The van der Waals surface area contributed by atoms with Crippen LogP contribution in [0, 0.1) is 17.7 Å². The summed E-state index contributed by atoms with van der Waals surface area (Å²) in [6, 6.07) is 7.55. The highest BCUT2D eigenvalue weighted by molar-refractivity contribution is 5.37. The van der Waals surface area contributed by atoms with Crippen LogP contribution in [0.25, 0.3) is 0 Å². The number of halogens is 1. The Bertz CT molecular complexity index is 695. The Morgan fingerprint density at radius 2 is 2.08 bits per heavy atom. The van der Waals surface area contributed by atoms with Crippen molar-refractivity contribution >= 4 is 5.82 Å². The average molecular weight is 327 g/mol.